The molecule has 11 rings (SSSR count). The van der Waals surface area contributed by atoms with Gasteiger partial charge in [0.1, 0.15) is 22.7 Å². The molecule has 5 nitrogen and oxygen atoms in total. The summed E-state index contributed by atoms with van der Waals surface area (Å²) in [6, 6.07) is 68.9. The van der Waals surface area contributed by atoms with E-state index in [1.807, 2.05) is 48.7 Å². The smallest absolute Gasteiger partial charge is 0.149 e. The highest BCUT2D eigenvalue weighted by atomic mass is 16.3. The number of aromatic nitrogens is 3. The van der Waals surface area contributed by atoms with Crippen molar-refractivity contribution in [2.24, 2.45) is 0 Å². The van der Waals surface area contributed by atoms with Gasteiger partial charge in [0.2, 0.25) is 0 Å². The number of para-hydroxylation sites is 3. The molecule has 0 aliphatic carbocycles. The SMILES string of the molecule is CC(C)(c1ccccc1)c1cc(-c2cc(-c3ccccc3)ccn2)cc(-c2cccc3c2nc(-c2ccccc2O)n3-c2ccc(-c3ccccc3)c3oc4ccccc4c23)c1. The number of imidazole rings is 1. The lowest BCUT2D eigenvalue weighted by Crippen LogP contribution is -2.19. The summed E-state index contributed by atoms with van der Waals surface area (Å²) in [5.74, 6) is 0.779. The number of phenolic OH excluding ortho intramolecular Hbond substituents is 1. The van der Waals surface area contributed by atoms with E-state index in [-0.39, 0.29) is 11.2 Å². The van der Waals surface area contributed by atoms with Crippen LogP contribution in [0, 0.1) is 0 Å². The Hall–Kier alpha value is -8.02. The van der Waals surface area contributed by atoms with E-state index in [0.717, 1.165) is 88.9 Å². The molecule has 0 bridgehead atoms. The predicted octanol–water partition coefficient (Wildman–Crippen LogP) is 14.7. The molecule has 8 aromatic carbocycles. The van der Waals surface area contributed by atoms with Gasteiger partial charge in [0.15, 0.2) is 0 Å². The minimum atomic E-state index is -0.342. The predicted molar refractivity (Wildman–Crippen MR) is 254 cm³/mol. The number of phenols is 1. The Balaban J connectivity index is 1.19. The molecule has 62 heavy (non-hydrogen) atoms. The van der Waals surface area contributed by atoms with Crippen molar-refractivity contribution >= 4 is 33.0 Å². The van der Waals surface area contributed by atoms with Gasteiger partial charge in [-0.2, -0.15) is 0 Å². The van der Waals surface area contributed by atoms with Gasteiger partial charge in [0.25, 0.3) is 0 Å². The zero-order valence-corrected chi connectivity index (χ0v) is 34.3. The quantitative estimate of drug-likeness (QED) is 0.166. The lowest BCUT2D eigenvalue weighted by atomic mass is 9.76. The summed E-state index contributed by atoms with van der Waals surface area (Å²) in [6.07, 6.45) is 1.90. The highest BCUT2D eigenvalue weighted by Gasteiger charge is 2.27. The van der Waals surface area contributed by atoms with Gasteiger partial charge in [-0.15, -0.1) is 0 Å². The maximum atomic E-state index is 11.5. The van der Waals surface area contributed by atoms with Crippen LogP contribution >= 0.6 is 0 Å². The van der Waals surface area contributed by atoms with E-state index in [2.05, 4.69) is 170 Å². The average molecular weight is 800 g/mol. The molecule has 11 aromatic rings. The molecule has 0 aliphatic rings. The largest absolute Gasteiger partial charge is 0.507 e. The third-order valence-electron chi connectivity index (χ3n) is 12.3. The van der Waals surface area contributed by atoms with E-state index >= 15 is 0 Å². The zero-order chi connectivity index (χ0) is 41.8. The number of furan rings is 1. The lowest BCUT2D eigenvalue weighted by Gasteiger charge is -2.27. The maximum absolute atomic E-state index is 11.5. The molecule has 0 fully saturated rings. The Morgan fingerprint density at radius 2 is 1.19 bits per heavy atom. The van der Waals surface area contributed by atoms with Gasteiger partial charge in [-0.3, -0.25) is 9.55 Å². The zero-order valence-electron chi connectivity index (χ0n) is 34.3. The van der Waals surface area contributed by atoms with E-state index in [0.29, 0.717) is 11.4 Å². The highest BCUT2D eigenvalue weighted by Crippen LogP contribution is 2.45. The van der Waals surface area contributed by atoms with Crippen LogP contribution in [0.1, 0.15) is 25.0 Å². The fourth-order valence-corrected chi connectivity index (χ4v) is 8.97. The third kappa shape index (κ3) is 6.25. The van der Waals surface area contributed by atoms with E-state index in [4.69, 9.17) is 14.4 Å². The molecule has 0 aliphatic heterocycles. The molecule has 0 spiro atoms. The van der Waals surface area contributed by atoms with E-state index in [1.54, 1.807) is 6.07 Å². The summed E-state index contributed by atoms with van der Waals surface area (Å²) < 4.78 is 8.93. The fraction of sp³-hybridized carbons (Fsp3) is 0.0526. The van der Waals surface area contributed by atoms with Crippen LogP contribution in [-0.2, 0) is 5.41 Å². The summed E-state index contributed by atoms with van der Waals surface area (Å²) in [6.45, 7) is 4.56. The monoisotopic (exact) mass is 799 g/mol. The average Bonchev–Trinajstić information content (AvgIpc) is 3.92. The van der Waals surface area contributed by atoms with Crippen molar-refractivity contribution < 1.29 is 9.52 Å². The Kier molecular flexibility index (Phi) is 8.90. The molecule has 0 amide bonds. The molecule has 3 heterocycles. The molecular formula is C57H41N3O2. The van der Waals surface area contributed by atoms with E-state index in [9.17, 15) is 5.11 Å². The van der Waals surface area contributed by atoms with Crippen molar-refractivity contribution in [1.29, 1.82) is 0 Å². The summed E-state index contributed by atoms with van der Waals surface area (Å²) in [5.41, 5.74) is 15.1. The van der Waals surface area contributed by atoms with Gasteiger partial charge in [0.05, 0.1) is 33.4 Å². The van der Waals surface area contributed by atoms with Gasteiger partial charge in [-0.1, -0.05) is 153 Å². The molecule has 296 valence electrons. The number of pyridine rings is 1. The van der Waals surface area contributed by atoms with Gasteiger partial charge in [-0.05, 0) is 94.0 Å². The number of nitrogens with zero attached hydrogens (tertiary/aromatic N) is 3. The Labute approximate surface area is 359 Å². The number of aromatic hydroxyl groups is 1. The normalized spacial score (nSPS) is 11.8. The molecule has 0 saturated heterocycles. The molecule has 0 saturated carbocycles. The number of hydrogen-bond donors (Lipinski definition) is 1. The molecule has 0 unspecified atom stereocenters. The number of hydrogen-bond acceptors (Lipinski definition) is 4. The molecular weight excluding hydrogens is 759 g/mol. The van der Waals surface area contributed by atoms with Crippen LogP contribution in [0.25, 0.3) is 94.7 Å². The number of fused-ring (bicyclic) bond motifs is 4. The van der Waals surface area contributed by atoms with Crippen LogP contribution in [0.3, 0.4) is 0 Å². The molecule has 1 N–H and O–H groups in total. The van der Waals surface area contributed by atoms with E-state index < -0.39 is 0 Å². The minimum absolute atomic E-state index is 0.151. The van der Waals surface area contributed by atoms with Crippen LogP contribution in [-0.4, -0.2) is 19.6 Å². The van der Waals surface area contributed by atoms with Gasteiger partial charge in [-0.25, -0.2) is 4.98 Å². The maximum Gasteiger partial charge on any atom is 0.149 e. The first-order valence-electron chi connectivity index (χ1n) is 21.0. The van der Waals surface area contributed by atoms with Crippen molar-refractivity contribution in [3.8, 4) is 67.5 Å². The molecule has 3 aromatic heterocycles. The molecule has 5 heteroatoms. The molecule has 0 radical (unpaired) electrons. The standard InChI is InChI=1S/C57H41N3O2/c1-57(2,42-21-10-5-11-22-42)43-34-40(33-41(35-43)48-36-39(31-32-58-48)37-17-6-3-7-18-37)44-25-16-26-50-54(44)59-56(46-23-12-14-27-51(46)61)60(50)49-30-29-45(38-19-8-4-9-20-38)55-53(49)47-24-13-15-28-52(47)62-55/h3-36,61H,1-2H3. The van der Waals surface area contributed by atoms with Crippen LogP contribution in [0.4, 0.5) is 0 Å². The minimum Gasteiger partial charge on any atom is -0.507 e. The Morgan fingerprint density at radius 3 is 1.98 bits per heavy atom. The second-order valence-corrected chi connectivity index (χ2v) is 16.3. The summed E-state index contributed by atoms with van der Waals surface area (Å²) in [4.78, 5) is 10.5. The summed E-state index contributed by atoms with van der Waals surface area (Å²) >= 11 is 0. The fourth-order valence-electron chi connectivity index (χ4n) is 8.97. The van der Waals surface area contributed by atoms with Gasteiger partial charge >= 0.3 is 0 Å². The second-order valence-electron chi connectivity index (χ2n) is 16.3. The Bertz CT molecular complexity index is 3440. The van der Waals surface area contributed by atoms with Gasteiger partial charge < -0.3 is 9.52 Å². The van der Waals surface area contributed by atoms with Crippen molar-refractivity contribution in [2.45, 2.75) is 19.3 Å². The number of rotatable bonds is 8. The van der Waals surface area contributed by atoms with Crippen molar-refractivity contribution in [3.63, 3.8) is 0 Å². The number of benzene rings is 8. The van der Waals surface area contributed by atoms with Crippen LogP contribution in [0.15, 0.2) is 211 Å². The van der Waals surface area contributed by atoms with Crippen LogP contribution in [0.5, 0.6) is 5.75 Å². The third-order valence-corrected chi connectivity index (χ3v) is 12.3. The summed E-state index contributed by atoms with van der Waals surface area (Å²) in [7, 11) is 0. The first kappa shape index (κ1) is 37.0. The highest BCUT2D eigenvalue weighted by molar-refractivity contribution is 6.14. The first-order chi connectivity index (χ1) is 30.4. The van der Waals surface area contributed by atoms with Crippen molar-refractivity contribution in [3.05, 3.63) is 218 Å². The summed E-state index contributed by atoms with van der Waals surface area (Å²) in [5, 5.41) is 13.5. The lowest BCUT2D eigenvalue weighted by molar-refractivity contribution is 0.477. The van der Waals surface area contributed by atoms with E-state index in [1.165, 1.54) is 5.56 Å². The Morgan fingerprint density at radius 1 is 0.516 bits per heavy atom. The second kappa shape index (κ2) is 14.9. The first-order valence-corrected chi connectivity index (χ1v) is 21.0. The van der Waals surface area contributed by atoms with Gasteiger partial charge in [0, 0.05) is 33.7 Å². The molecule has 0 atom stereocenters. The van der Waals surface area contributed by atoms with Crippen LogP contribution in [0.2, 0.25) is 0 Å². The van der Waals surface area contributed by atoms with Crippen LogP contribution < -0.4 is 0 Å². The van der Waals surface area contributed by atoms with Crippen molar-refractivity contribution in [1.82, 2.24) is 14.5 Å². The topological polar surface area (TPSA) is 64.1 Å². The van der Waals surface area contributed by atoms with Crippen molar-refractivity contribution in [2.75, 3.05) is 0 Å².